The van der Waals surface area contributed by atoms with Gasteiger partial charge in [-0.05, 0) is 31.9 Å². The van der Waals surface area contributed by atoms with Gasteiger partial charge in [-0.2, -0.15) is 0 Å². The molecule has 3 nitrogen and oxygen atoms in total. The lowest BCUT2D eigenvalue weighted by Gasteiger charge is -2.17. The van der Waals surface area contributed by atoms with Gasteiger partial charge < -0.3 is 15.2 Å². The molecular formula is C14H23NO2. The summed E-state index contributed by atoms with van der Waals surface area (Å²) in [5, 5.41) is 12.0. The fourth-order valence-electron chi connectivity index (χ4n) is 1.94. The number of nitrogens with one attached hydrogen (secondary N) is 1. The molecule has 1 atom stereocenters. The minimum Gasteiger partial charge on any atom is -0.394 e. The summed E-state index contributed by atoms with van der Waals surface area (Å²) in [4.78, 5) is 0. The van der Waals surface area contributed by atoms with Crippen LogP contribution in [0.1, 0.15) is 29.7 Å². The van der Waals surface area contributed by atoms with Gasteiger partial charge in [-0.3, -0.25) is 0 Å². The van der Waals surface area contributed by atoms with Crippen LogP contribution in [0.25, 0.3) is 0 Å². The van der Waals surface area contributed by atoms with Gasteiger partial charge in [0.05, 0.1) is 19.8 Å². The van der Waals surface area contributed by atoms with E-state index in [0.717, 1.165) is 6.54 Å². The van der Waals surface area contributed by atoms with Gasteiger partial charge in [-0.25, -0.2) is 0 Å². The summed E-state index contributed by atoms with van der Waals surface area (Å²) in [6.07, 6.45) is 0. The van der Waals surface area contributed by atoms with E-state index in [1.54, 1.807) is 0 Å². The molecule has 0 aliphatic rings. The summed E-state index contributed by atoms with van der Waals surface area (Å²) in [5.74, 6) is 0. The van der Waals surface area contributed by atoms with Crippen molar-refractivity contribution in [1.82, 2.24) is 5.32 Å². The van der Waals surface area contributed by atoms with Gasteiger partial charge in [0.25, 0.3) is 0 Å². The predicted octanol–water partition coefficient (Wildman–Crippen LogP) is 1.96. The van der Waals surface area contributed by atoms with Gasteiger partial charge in [0, 0.05) is 12.6 Å². The van der Waals surface area contributed by atoms with Crippen LogP contribution in [-0.2, 0) is 4.74 Å². The highest BCUT2D eigenvalue weighted by atomic mass is 16.5. The van der Waals surface area contributed by atoms with Gasteiger partial charge in [-0.1, -0.05) is 23.8 Å². The lowest BCUT2D eigenvalue weighted by atomic mass is 10.0. The van der Waals surface area contributed by atoms with E-state index in [4.69, 9.17) is 9.84 Å². The summed E-state index contributed by atoms with van der Waals surface area (Å²) in [6, 6.07) is 6.85. The molecule has 2 N–H and O–H groups in total. The predicted molar refractivity (Wildman–Crippen MR) is 70.2 cm³/mol. The molecule has 0 saturated heterocycles. The largest absolute Gasteiger partial charge is 0.394 e. The Balaban J connectivity index is 2.38. The van der Waals surface area contributed by atoms with Gasteiger partial charge in [0.1, 0.15) is 0 Å². The Bertz CT molecular complexity index is 339. The molecule has 0 bridgehead atoms. The van der Waals surface area contributed by atoms with E-state index in [-0.39, 0.29) is 6.61 Å². The molecule has 3 heteroatoms. The average molecular weight is 237 g/mol. The van der Waals surface area contributed by atoms with Crippen molar-refractivity contribution < 1.29 is 9.84 Å². The van der Waals surface area contributed by atoms with Gasteiger partial charge in [0.2, 0.25) is 0 Å². The van der Waals surface area contributed by atoms with Gasteiger partial charge in [-0.15, -0.1) is 0 Å². The average Bonchev–Trinajstić information content (AvgIpc) is 2.28. The molecule has 0 fully saturated rings. The van der Waals surface area contributed by atoms with E-state index >= 15 is 0 Å². The standard InChI is InChI=1S/C14H23NO2/c1-11-4-5-14(12(2)10-11)13(3)15-6-8-17-9-7-16/h4-5,10,13,15-16H,6-9H2,1-3H3. The number of hydrogen-bond donors (Lipinski definition) is 2. The van der Waals surface area contributed by atoms with Crippen molar-refractivity contribution >= 4 is 0 Å². The van der Waals surface area contributed by atoms with Crippen molar-refractivity contribution in [2.75, 3.05) is 26.4 Å². The van der Waals surface area contributed by atoms with Crippen LogP contribution in [0, 0.1) is 13.8 Å². The van der Waals surface area contributed by atoms with Crippen molar-refractivity contribution in [2.24, 2.45) is 0 Å². The van der Waals surface area contributed by atoms with Crippen LogP contribution in [0.5, 0.6) is 0 Å². The summed E-state index contributed by atoms with van der Waals surface area (Å²) in [7, 11) is 0. The summed E-state index contributed by atoms with van der Waals surface area (Å²) in [6.45, 7) is 8.35. The van der Waals surface area contributed by atoms with E-state index in [9.17, 15) is 0 Å². The second kappa shape index (κ2) is 7.43. The normalized spacial score (nSPS) is 12.7. The molecule has 0 aliphatic heterocycles. The first-order chi connectivity index (χ1) is 8.15. The number of ether oxygens (including phenoxy) is 1. The van der Waals surface area contributed by atoms with Crippen LogP contribution in [0.2, 0.25) is 0 Å². The Morgan fingerprint density at radius 1 is 1.29 bits per heavy atom. The third kappa shape index (κ3) is 4.86. The molecule has 0 radical (unpaired) electrons. The first-order valence-corrected chi connectivity index (χ1v) is 6.14. The Kier molecular flexibility index (Phi) is 6.19. The Morgan fingerprint density at radius 2 is 2.06 bits per heavy atom. The van der Waals surface area contributed by atoms with Crippen molar-refractivity contribution in [3.63, 3.8) is 0 Å². The second-order valence-electron chi connectivity index (χ2n) is 4.37. The molecule has 0 heterocycles. The highest BCUT2D eigenvalue weighted by Crippen LogP contribution is 2.18. The van der Waals surface area contributed by atoms with Gasteiger partial charge >= 0.3 is 0 Å². The topological polar surface area (TPSA) is 41.5 Å². The van der Waals surface area contributed by atoms with Crippen molar-refractivity contribution in [1.29, 1.82) is 0 Å². The number of aliphatic hydroxyl groups excluding tert-OH is 1. The zero-order valence-corrected chi connectivity index (χ0v) is 11.0. The van der Waals surface area contributed by atoms with Crippen LogP contribution >= 0.6 is 0 Å². The van der Waals surface area contributed by atoms with E-state index in [2.05, 4.69) is 44.3 Å². The molecule has 17 heavy (non-hydrogen) atoms. The first-order valence-electron chi connectivity index (χ1n) is 6.14. The molecular weight excluding hydrogens is 214 g/mol. The quantitative estimate of drug-likeness (QED) is 0.712. The maximum atomic E-state index is 8.57. The molecule has 1 rings (SSSR count). The summed E-state index contributed by atoms with van der Waals surface area (Å²) in [5.41, 5.74) is 3.95. The van der Waals surface area contributed by atoms with Crippen molar-refractivity contribution in [3.05, 3.63) is 34.9 Å². The smallest absolute Gasteiger partial charge is 0.0698 e. The first kappa shape index (κ1) is 14.2. The van der Waals surface area contributed by atoms with E-state index in [1.165, 1.54) is 16.7 Å². The Morgan fingerprint density at radius 3 is 2.71 bits per heavy atom. The zero-order chi connectivity index (χ0) is 12.7. The van der Waals surface area contributed by atoms with Crippen LogP contribution in [0.3, 0.4) is 0 Å². The molecule has 0 amide bonds. The molecule has 0 spiro atoms. The summed E-state index contributed by atoms with van der Waals surface area (Å²) < 4.78 is 5.21. The number of aryl methyl sites for hydroxylation is 2. The van der Waals surface area contributed by atoms with Crippen LogP contribution < -0.4 is 5.32 Å². The number of rotatable bonds is 7. The maximum Gasteiger partial charge on any atom is 0.0698 e. The van der Waals surface area contributed by atoms with E-state index in [1.807, 2.05) is 0 Å². The third-order valence-corrected chi connectivity index (χ3v) is 2.82. The SMILES string of the molecule is Cc1ccc(C(C)NCCOCCO)c(C)c1. The molecule has 0 saturated carbocycles. The third-order valence-electron chi connectivity index (χ3n) is 2.82. The van der Waals surface area contributed by atoms with Crippen LogP contribution in [0.15, 0.2) is 18.2 Å². The fraction of sp³-hybridized carbons (Fsp3) is 0.571. The fourth-order valence-corrected chi connectivity index (χ4v) is 1.94. The lowest BCUT2D eigenvalue weighted by Crippen LogP contribution is -2.24. The van der Waals surface area contributed by atoms with Gasteiger partial charge in [0.15, 0.2) is 0 Å². The second-order valence-corrected chi connectivity index (χ2v) is 4.37. The number of benzene rings is 1. The minimum absolute atomic E-state index is 0.0899. The van der Waals surface area contributed by atoms with E-state index < -0.39 is 0 Å². The molecule has 1 aromatic rings. The minimum atomic E-state index is 0.0899. The van der Waals surface area contributed by atoms with Crippen LogP contribution in [0.4, 0.5) is 0 Å². The monoisotopic (exact) mass is 237 g/mol. The molecule has 96 valence electrons. The highest BCUT2D eigenvalue weighted by Gasteiger charge is 2.07. The molecule has 0 aromatic heterocycles. The lowest BCUT2D eigenvalue weighted by molar-refractivity contribution is 0.0928. The molecule has 1 aromatic carbocycles. The van der Waals surface area contributed by atoms with Crippen LogP contribution in [-0.4, -0.2) is 31.5 Å². The number of hydrogen-bond acceptors (Lipinski definition) is 3. The zero-order valence-electron chi connectivity index (χ0n) is 11.0. The van der Waals surface area contributed by atoms with E-state index in [0.29, 0.717) is 19.3 Å². The highest BCUT2D eigenvalue weighted by molar-refractivity contribution is 5.32. The Hall–Kier alpha value is -0.900. The summed E-state index contributed by atoms with van der Waals surface area (Å²) >= 11 is 0. The number of aliphatic hydroxyl groups is 1. The Labute approximate surface area is 104 Å². The maximum absolute atomic E-state index is 8.57. The van der Waals surface area contributed by atoms with Crippen molar-refractivity contribution in [2.45, 2.75) is 26.8 Å². The molecule has 1 unspecified atom stereocenters. The van der Waals surface area contributed by atoms with Crippen molar-refractivity contribution in [3.8, 4) is 0 Å². The molecule has 0 aliphatic carbocycles.